The monoisotopic (exact) mass is 226 g/mol. The second-order valence-electron chi connectivity index (χ2n) is 1.95. The molecular formula is C6H2F8. The van der Waals surface area contributed by atoms with Gasteiger partial charge in [-0.2, -0.15) is 17.6 Å². The van der Waals surface area contributed by atoms with Crippen LogP contribution in [0.2, 0.25) is 0 Å². The molecule has 0 fully saturated rings. The maximum absolute atomic E-state index is 11.7. The Morgan fingerprint density at radius 3 is 0.857 bits per heavy atom. The molecule has 0 nitrogen and oxygen atoms in total. The Bertz CT molecular complexity index is 227. The van der Waals surface area contributed by atoms with E-state index >= 15 is 0 Å². The first-order chi connectivity index (χ1) is 6.29. The third-order valence-electron chi connectivity index (χ3n) is 1.13. The van der Waals surface area contributed by atoms with E-state index in [0.29, 0.717) is 0 Å². The summed E-state index contributed by atoms with van der Waals surface area (Å²) in [5, 5.41) is 0. The largest absolute Gasteiger partial charge is 0.279 e. The van der Waals surface area contributed by atoms with Gasteiger partial charge in [0, 0.05) is 0 Å². The topological polar surface area (TPSA) is 0 Å². The van der Waals surface area contributed by atoms with Crippen molar-refractivity contribution in [2.45, 2.75) is 12.9 Å². The zero-order valence-electron chi connectivity index (χ0n) is 6.18. The third-order valence-corrected chi connectivity index (χ3v) is 1.13. The van der Waals surface area contributed by atoms with Crippen LogP contribution in [0, 0.1) is 0 Å². The lowest BCUT2D eigenvalue weighted by Crippen LogP contribution is -2.10. The maximum atomic E-state index is 11.7. The van der Waals surface area contributed by atoms with E-state index in [1.54, 1.807) is 0 Å². The summed E-state index contributed by atoms with van der Waals surface area (Å²) >= 11 is 0. The molecule has 82 valence electrons. The van der Waals surface area contributed by atoms with Gasteiger partial charge in [-0.3, -0.25) is 0 Å². The van der Waals surface area contributed by atoms with Crippen LogP contribution in [0.1, 0.15) is 0 Å². The van der Waals surface area contributed by atoms with Gasteiger partial charge in [-0.25, -0.2) is 17.6 Å². The molecule has 0 aliphatic rings. The van der Waals surface area contributed by atoms with Crippen LogP contribution >= 0.6 is 0 Å². The quantitative estimate of drug-likeness (QED) is 0.506. The van der Waals surface area contributed by atoms with E-state index in [4.69, 9.17) is 0 Å². The molecule has 0 spiro atoms. The average Bonchev–Trinajstić information content (AvgIpc) is 1.96. The highest BCUT2D eigenvalue weighted by atomic mass is 19.3. The summed E-state index contributed by atoms with van der Waals surface area (Å²) in [4.78, 5) is 0. The zero-order valence-corrected chi connectivity index (χ0v) is 6.18. The molecule has 0 aromatic carbocycles. The molecule has 0 saturated carbocycles. The average molecular weight is 226 g/mol. The van der Waals surface area contributed by atoms with Crippen molar-refractivity contribution in [1.29, 1.82) is 0 Å². The summed E-state index contributed by atoms with van der Waals surface area (Å²) < 4.78 is 93.2. The standard InChI is InChI=1S/C6H2F8/c7-3(8)1(4(9)10)2(5(11)12)6(13)14/h3,5H. The van der Waals surface area contributed by atoms with E-state index in [1.165, 1.54) is 0 Å². The second-order valence-corrected chi connectivity index (χ2v) is 1.95. The van der Waals surface area contributed by atoms with Gasteiger partial charge in [-0.15, -0.1) is 0 Å². The highest BCUT2D eigenvalue weighted by Crippen LogP contribution is 2.31. The smallest absolute Gasteiger partial charge is 0.205 e. The van der Waals surface area contributed by atoms with E-state index in [9.17, 15) is 35.1 Å². The molecule has 14 heavy (non-hydrogen) atoms. The van der Waals surface area contributed by atoms with Crippen LogP contribution in [0.25, 0.3) is 0 Å². The number of allylic oxidation sites excluding steroid dienone is 2. The first kappa shape index (κ1) is 12.9. The second kappa shape index (κ2) is 4.97. The fourth-order valence-electron chi connectivity index (χ4n) is 0.604. The normalized spacial score (nSPS) is 10.7. The van der Waals surface area contributed by atoms with E-state index in [-0.39, 0.29) is 0 Å². The molecule has 0 unspecified atom stereocenters. The molecule has 0 bridgehead atoms. The zero-order chi connectivity index (χ0) is 11.5. The number of rotatable bonds is 3. The van der Waals surface area contributed by atoms with E-state index < -0.39 is 36.2 Å². The van der Waals surface area contributed by atoms with Crippen molar-refractivity contribution in [3.8, 4) is 0 Å². The summed E-state index contributed by atoms with van der Waals surface area (Å²) in [5.41, 5.74) is -5.22. The minimum absolute atomic E-state index is 2.61. The Kier molecular flexibility index (Phi) is 4.58. The van der Waals surface area contributed by atoms with Gasteiger partial charge in [0.25, 0.3) is 25.0 Å². The van der Waals surface area contributed by atoms with Crippen LogP contribution < -0.4 is 0 Å². The van der Waals surface area contributed by atoms with Gasteiger partial charge in [0.2, 0.25) is 0 Å². The molecule has 0 aromatic rings. The fourth-order valence-corrected chi connectivity index (χ4v) is 0.604. The van der Waals surface area contributed by atoms with Gasteiger partial charge in [0.05, 0.1) is 11.1 Å². The van der Waals surface area contributed by atoms with Crippen molar-refractivity contribution in [2.75, 3.05) is 0 Å². The SMILES string of the molecule is FC(F)=C(C(=C(F)F)C(F)F)C(F)F. The summed E-state index contributed by atoms with van der Waals surface area (Å²) in [7, 11) is 0. The van der Waals surface area contributed by atoms with Gasteiger partial charge >= 0.3 is 0 Å². The van der Waals surface area contributed by atoms with Gasteiger partial charge in [-0.05, 0) is 0 Å². The molecule has 0 radical (unpaired) electrons. The van der Waals surface area contributed by atoms with E-state index in [1.807, 2.05) is 0 Å². The van der Waals surface area contributed by atoms with Crippen LogP contribution in [0.15, 0.2) is 23.3 Å². The molecule has 0 rings (SSSR count). The molecule has 8 heteroatoms. The first-order valence-electron chi connectivity index (χ1n) is 2.96. The summed E-state index contributed by atoms with van der Waals surface area (Å²) in [5.74, 6) is 0. The predicted molar refractivity (Wildman–Crippen MR) is 30.5 cm³/mol. The van der Waals surface area contributed by atoms with Gasteiger partial charge in [0.15, 0.2) is 0 Å². The van der Waals surface area contributed by atoms with Crippen molar-refractivity contribution in [3.05, 3.63) is 23.3 Å². The predicted octanol–water partition coefficient (Wildman–Crippen LogP) is 3.82. The lowest BCUT2D eigenvalue weighted by molar-refractivity contribution is 0.147. The van der Waals surface area contributed by atoms with Gasteiger partial charge in [0.1, 0.15) is 0 Å². The Balaban J connectivity index is 5.42. The number of hydrogen-bond donors (Lipinski definition) is 0. The Labute approximate surface area is 72.5 Å². The van der Waals surface area contributed by atoms with Crippen molar-refractivity contribution in [1.82, 2.24) is 0 Å². The lowest BCUT2D eigenvalue weighted by Gasteiger charge is -2.07. The minimum Gasteiger partial charge on any atom is -0.205 e. The molecule has 0 aliphatic carbocycles. The number of hydrogen-bond acceptors (Lipinski definition) is 0. The first-order valence-corrected chi connectivity index (χ1v) is 2.96. The molecular weight excluding hydrogens is 224 g/mol. The van der Waals surface area contributed by atoms with Crippen LogP contribution in [0.3, 0.4) is 0 Å². The third kappa shape index (κ3) is 3.00. The molecule has 0 aliphatic heterocycles. The van der Waals surface area contributed by atoms with Crippen molar-refractivity contribution < 1.29 is 35.1 Å². The lowest BCUT2D eigenvalue weighted by atomic mass is 10.1. The van der Waals surface area contributed by atoms with Crippen LogP contribution in [0.4, 0.5) is 35.1 Å². The van der Waals surface area contributed by atoms with E-state index in [2.05, 4.69) is 0 Å². The molecule has 0 saturated heterocycles. The number of alkyl halides is 4. The van der Waals surface area contributed by atoms with E-state index in [0.717, 1.165) is 0 Å². The van der Waals surface area contributed by atoms with Crippen molar-refractivity contribution in [3.63, 3.8) is 0 Å². The van der Waals surface area contributed by atoms with Crippen LogP contribution in [-0.4, -0.2) is 12.9 Å². The number of halogens is 8. The summed E-state index contributed by atoms with van der Waals surface area (Å²) in [6, 6.07) is 0. The van der Waals surface area contributed by atoms with Crippen LogP contribution in [0.5, 0.6) is 0 Å². The minimum atomic E-state index is -4.08. The molecule has 0 heterocycles. The van der Waals surface area contributed by atoms with Gasteiger partial charge < -0.3 is 0 Å². The van der Waals surface area contributed by atoms with Crippen molar-refractivity contribution in [2.24, 2.45) is 0 Å². The summed E-state index contributed by atoms with van der Waals surface area (Å²) in [6.45, 7) is 0. The fraction of sp³-hybridized carbons (Fsp3) is 0.333. The Hall–Kier alpha value is -1.08. The maximum Gasteiger partial charge on any atom is 0.279 e. The molecule has 0 amide bonds. The van der Waals surface area contributed by atoms with Crippen molar-refractivity contribution >= 4 is 0 Å². The summed E-state index contributed by atoms with van der Waals surface area (Å²) in [6.07, 6.45) is -14.7. The van der Waals surface area contributed by atoms with Crippen LogP contribution in [-0.2, 0) is 0 Å². The molecule has 0 N–H and O–H groups in total. The molecule has 0 aromatic heterocycles. The highest BCUT2D eigenvalue weighted by Gasteiger charge is 2.32. The molecule has 0 atom stereocenters. The Morgan fingerprint density at radius 1 is 0.571 bits per heavy atom. The highest BCUT2D eigenvalue weighted by molar-refractivity contribution is 5.35. The Morgan fingerprint density at radius 2 is 0.786 bits per heavy atom. The van der Waals surface area contributed by atoms with Gasteiger partial charge in [-0.1, -0.05) is 0 Å².